The smallest absolute Gasteiger partial charge is 0.265 e. The molecule has 0 aromatic heterocycles. The number of hydrogen-bond acceptors (Lipinski definition) is 4. The molecule has 0 spiro atoms. The van der Waals surface area contributed by atoms with Crippen molar-refractivity contribution >= 4 is 33.2 Å². The number of nitrogens with two attached hydrogens (primary N) is 1. The summed E-state index contributed by atoms with van der Waals surface area (Å²) in [6.07, 6.45) is 2.38. The Morgan fingerprint density at radius 3 is 2.74 bits per heavy atom. The summed E-state index contributed by atoms with van der Waals surface area (Å²) in [5.41, 5.74) is 7.81. The third kappa shape index (κ3) is 2.36. The molecule has 8 heteroatoms. The van der Waals surface area contributed by atoms with Crippen molar-refractivity contribution < 1.29 is 13.0 Å². The second-order valence-electron chi connectivity index (χ2n) is 6.00. The number of nitrogens with one attached hydrogen (secondary N) is 1. The van der Waals surface area contributed by atoms with Gasteiger partial charge in [-0.05, 0) is 42.8 Å². The Bertz CT molecular complexity index is 541. The van der Waals surface area contributed by atoms with Gasteiger partial charge in [0.25, 0.3) is 10.1 Å². The Balaban J connectivity index is 2.42. The van der Waals surface area contributed by atoms with Gasteiger partial charge >= 0.3 is 0 Å². The molecule has 2 aliphatic rings. The molecule has 6 nitrogen and oxygen atoms in total. The molecule has 19 heavy (non-hydrogen) atoms. The fraction of sp³-hybridized carbons (Fsp3) is 0.818. The minimum Gasteiger partial charge on any atom is -0.375 e. The summed E-state index contributed by atoms with van der Waals surface area (Å²) >= 11 is 4.71. The molecule has 0 aromatic carbocycles. The highest BCUT2D eigenvalue weighted by Gasteiger charge is 2.64. The minimum atomic E-state index is -4.07. The average Bonchev–Trinajstić information content (AvgIpc) is 2.57. The summed E-state index contributed by atoms with van der Waals surface area (Å²) < 4.78 is 32.0. The van der Waals surface area contributed by atoms with E-state index in [1.807, 2.05) is 13.8 Å². The van der Waals surface area contributed by atoms with Crippen molar-refractivity contribution in [3.05, 3.63) is 0 Å². The van der Waals surface area contributed by atoms with Crippen molar-refractivity contribution in [1.29, 1.82) is 0 Å². The van der Waals surface area contributed by atoms with Gasteiger partial charge in [0.1, 0.15) is 0 Å². The van der Waals surface area contributed by atoms with Crippen LogP contribution in [0.3, 0.4) is 0 Å². The number of nitrogens with zero attached hydrogens (tertiary/aromatic N) is 1. The maximum Gasteiger partial charge on any atom is 0.265 e. The lowest BCUT2D eigenvalue weighted by atomic mass is 9.70. The Morgan fingerprint density at radius 1 is 1.63 bits per heavy atom. The topological polar surface area (TPSA) is 105 Å². The van der Waals surface area contributed by atoms with Crippen molar-refractivity contribution in [3.63, 3.8) is 0 Å². The van der Waals surface area contributed by atoms with Gasteiger partial charge in [0.15, 0.2) is 5.11 Å². The quantitative estimate of drug-likeness (QED) is 0.406. The molecule has 0 aliphatic heterocycles. The highest BCUT2D eigenvalue weighted by Crippen LogP contribution is 2.64. The zero-order valence-electron chi connectivity index (χ0n) is 11.0. The summed E-state index contributed by atoms with van der Waals surface area (Å²) in [7, 11) is -4.07. The minimum absolute atomic E-state index is 0.0510. The van der Waals surface area contributed by atoms with E-state index >= 15 is 0 Å². The van der Waals surface area contributed by atoms with Crippen molar-refractivity contribution in [3.8, 4) is 0 Å². The van der Waals surface area contributed by atoms with Gasteiger partial charge in [-0.15, -0.1) is 0 Å². The van der Waals surface area contributed by atoms with E-state index in [1.165, 1.54) is 0 Å². The third-order valence-corrected chi connectivity index (χ3v) is 5.84. The monoisotopic (exact) mass is 305 g/mol. The first-order valence-electron chi connectivity index (χ1n) is 6.16. The van der Waals surface area contributed by atoms with Crippen LogP contribution in [0.1, 0.15) is 33.1 Å². The predicted octanol–water partition coefficient (Wildman–Crippen LogP) is 0.890. The maximum atomic E-state index is 11.4. The van der Waals surface area contributed by atoms with Crippen LogP contribution in [-0.2, 0) is 10.1 Å². The van der Waals surface area contributed by atoms with Crippen LogP contribution in [0.2, 0.25) is 0 Å². The molecule has 2 aliphatic carbocycles. The van der Waals surface area contributed by atoms with Crippen molar-refractivity contribution in [1.82, 2.24) is 5.43 Å². The second kappa shape index (κ2) is 4.39. The number of rotatable bonds is 3. The number of hydrazone groups is 1. The van der Waals surface area contributed by atoms with Crippen LogP contribution in [0.5, 0.6) is 0 Å². The Kier molecular flexibility index (Phi) is 3.39. The molecule has 0 aromatic rings. The van der Waals surface area contributed by atoms with E-state index in [0.717, 1.165) is 18.6 Å². The van der Waals surface area contributed by atoms with Crippen molar-refractivity contribution in [2.24, 2.45) is 27.6 Å². The molecule has 0 heterocycles. The summed E-state index contributed by atoms with van der Waals surface area (Å²) in [4.78, 5) is 0. The largest absolute Gasteiger partial charge is 0.375 e. The zero-order valence-corrected chi connectivity index (χ0v) is 12.6. The summed E-state index contributed by atoms with van der Waals surface area (Å²) in [5.74, 6) is 0.0857. The molecule has 108 valence electrons. The Morgan fingerprint density at radius 2 is 2.26 bits per heavy atom. The molecule has 0 amide bonds. The molecule has 4 N–H and O–H groups in total. The molecule has 0 saturated heterocycles. The van der Waals surface area contributed by atoms with Crippen LogP contribution < -0.4 is 11.2 Å². The van der Waals surface area contributed by atoms with E-state index in [9.17, 15) is 13.0 Å². The van der Waals surface area contributed by atoms with Gasteiger partial charge in [0.2, 0.25) is 0 Å². The van der Waals surface area contributed by atoms with Gasteiger partial charge in [0.05, 0.1) is 5.75 Å². The molecule has 0 radical (unpaired) electrons. The highest BCUT2D eigenvalue weighted by molar-refractivity contribution is 7.85. The number of fused-ring (bicyclic) bond motifs is 2. The van der Waals surface area contributed by atoms with Crippen LogP contribution in [0.4, 0.5) is 0 Å². The first kappa shape index (κ1) is 14.7. The summed E-state index contributed by atoms with van der Waals surface area (Å²) in [5, 5.41) is 4.23. The molecule has 2 fully saturated rings. The Labute approximate surface area is 118 Å². The molecule has 2 rings (SSSR count). The van der Waals surface area contributed by atoms with Crippen molar-refractivity contribution in [2.45, 2.75) is 33.1 Å². The molecular formula is C11H19N3O3S2. The standard InChI is InChI=1S/C11H19N3O3S2/c1-10(2)7-3-4-11(10,6-19(15,16)17)8(5-7)13-14-9(12)18/h7H,3-6H2,1-2H3,(H3,12,14,18)(H,15,16,17). The highest BCUT2D eigenvalue weighted by atomic mass is 32.2. The molecule has 2 saturated carbocycles. The second-order valence-corrected chi connectivity index (χ2v) is 7.90. The van der Waals surface area contributed by atoms with E-state index in [-0.39, 0.29) is 16.3 Å². The van der Waals surface area contributed by atoms with Gasteiger partial charge in [-0.25, -0.2) is 0 Å². The lowest BCUT2D eigenvalue weighted by Crippen LogP contribution is -2.43. The fourth-order valence-electron chi connectivity index (χ4n) is 3.72. The predicted molar refractivity (Wildman–Crippen MR) is 77.3 cm³/mol. The van der Waals surface area contributed by atoms with Crippen LogP contribution >= 0.6 is 12.2 Å². The molecule has 2 unspecified atom stereocenters. The number of hydrogen-bond donors (Lipinski definition) is 3. The normalized spacial score (nSPS) is 34.7. The average molecular weight is 305 g/mol. The third-order valence-electron chi connectivity index (χ3n) is 4.90. The van der Waals surface area contributed by atoms with Crippen LogP contribution in [-0.4, -0.2) is 29.5 Å². The van der Waals surface area contributed by atoms with Crippen LogP contribution in [0.15, 0.2) is 5.10 Å². The first-order valence-corrected chi connectivity index (χ1v) is 8.18. The van der Waals surface area contributed by atoms with Gasteiger partial charge in [-0.1, -0.05) is 13.8 Å². The van der Waals surface area contributed by atoms with Gasteiger partial charge in [0, 0.05) is 11.1 Å². The summed E-state index contributed by atoms with van der Waals surface area (Å²) in [6, 6.07) is 0. The lowest BCUT2D eigenvalue weighted by molar-refractivity contribution is 0.193. The molecule has 2 atom stereocenters. The Hall–Kier alpha value is -0.730. The van der Waals surface area contributed by atoms with E-state index < -0.39 is 15.5 Å². The van der Waals surface area contributed by atoms with Crippen molar-refractivity contribution in [2.75, 3.05) is 5.75 Å². The van der Waals surface area contributed by atoms with E-state index in [1.54, 1.807) is 0 Å². The summed E-state index contributed by atoms with van der Waals surface area (Å²) in [6.45, 7) is 4.08. The first-order chi connectivity index (χ1) is 8.58. The van der Waals surface area contributed by atoms with E-state index in [2.05, 4.69) is 10.5 Å². The molecule has 2 bridgehead atoms. The number of thiocarbonyl (C=S) groups is 1. The van der Waals surface area contributed by atoms with E-state index in [0.29, 0.717) is 12.3 Å². The fourth-order valence-corrected chi connectivity index (χ4v) is 5.08. The van der Waals surface area contributed by atoms with Gasteiger partial charge in [-0.3, -0.25) is 9.98 Å². The van der Waals surface area contributed by atoms with Crippen LogP contribution in [0, 0.1) is 16.7 Å². The maximum absolute atomic E-state index is 11.4. The van der Waals surface area contributed by atoms with E-state index in [4.69, 9.17) is 18.0 Å². The zero-order chi connectivity index (χ0) is 14.5. The molecular weight excluding hydrogens is 286 g/mol. The lowest BCUT2D eigenvalue weighted by Gasteiger charge is -2.37. The van der Waals surface area contributed by atoms with Gasteiger partial charge < -0.3 is 5.73 Å². The SMILES string of the molecule is CC1(C)C2CCC1(CS(=O)(=O)O)C(=NNC(N)=S)C2. The van der Waals surface area contributed by atoms with Crippen LogP contribution in [0.25, 0.3) is 0 Å². The van der Waals surface area contributed by atoms with Gasteiger partial charge in [-0.2, -0.15) is 13.5 Å².